The third kappa shape index (κ3) is 4.42. The van der Waals surface area contributed by atoms with Crippen molar-refractivity contribution in [2.24, 2.45) is 0 Å². The van der Waals surface area contributed by atoms with Gasteiger partial charge in [-0.1, -0.05) is 41.9 Å². The van der Waals surface area contributed by atoms with E-state index in [1.807, 2.05) is 6.07 Å². The Kier molecular flexibility index (Phi) is 5.65. The standard InChI is InChI=1S/C22H19ClN2O4S/c23-17-6-3-5-16(11-17)15-30(27,28)21-13-25(20-9-2-1-8-19(20)21)14-22(26)24-12-18-7-4-10-29-18/h1-11,13H,12,14-15H2,(H,24,26). The van der Waals surface area contributed by atoms with Crippen LogP contribution in [0.15, 0.2) is 82.4 Å². The topological polar surface area (TPSA) is 81.3 Å². The van der Waals surface area contributed by atoms with Gasteiger partial charge in [0.1, 0.15) is 12.3 Å². The maximum Gasteiger partial charge on any atom is 0.240 e. The first-order valence-electron chi connectivity index (χ1n) is 9.26. The summed E-state index contributed by atoms with van der Waals surface area (Å²) < 4.78 is 33.1. The minimum absolute atomic E-state index is 0.00604. The predicted molar refractivity (Wildman–Crippen MR) is 115 cm³/mol. The number of nitrogens with one attached hydrogen (secondary N) is 1. The molecule has 4 aromatic rings. The van der Waals surface area contributed by atoms with E-state index in [1.165, 1.54) is 12.5 Å². The molecule has 154 valence electrons. The van der Waals surface area contributed by atoms with Crippen LogP contribution in [0.2, 0.25) is 5.02 Å². The molecular formula is C22H19ClN2O4S. The summed E-state index contributed by atoms with van der Waals surface area (Å²) in [7, 11) is -3.65. The Morgan fingerprint density at radius 3 is 2.67 bits per heavy atom. The highest BCUT2D eigenvalue weighted by molar-refractivity contribution is 7.90. The van der Waals surface area contributed by atoms with Crippen LogP contribution < -0.4 is 5.32 Å². The van der Waals surface area contributed by atoms with Gasteiger partial charge in [-0.05, 0) is 35.9 Å². The van der Waals surface area contributed by atoms with E-state index >= 15 is 0 Å². The second-order valence-corrected chi connectivity index (χ2v) is 9.28. The normalized spacial score (nSPS) is 11.6. The quantitative estimate of drug-likeness (QED) is 0.465. The van der Waals surface area contributed by atoms with Crippen molar-refractivity contribution in [2.75, 3.05) is 0 Å². The summed E-state index contributed by atoms with van der Waals surface area (Å²) in [5.41, 5.74) is 1.28. The number of para-hydroxylation sites is 1. The summed E-state index contributed by atoms with van der Waals surface area (Å²) in [5.74, 6) is 0.225. The molecule has 0 unspecified atom stereocenters. The summed E-state index contributed by atoms with van der Waals surface area (Å²) in [5, 5.41) is 3.84. The third-order valence-electron chi connectivity index (χ3n) is 4.69. The van der Waals surface area contributed by atoms with E-state index in [9.17, 15) is 13.2 Å². The smallest absolute Gasteiger partial charge is 0.240 e. The molecule has 1 N–H and O–H groups in total. The van der Waals surface area contributed by atoms with E-state index in [1.54, 1.807) is 59.2 Å². The Hall–Kier alpha value is -3.03. The van der Waals surface area contributed by atoms with Gasteiger partial charge in [-0.3, -0.25) is 4.79 Å². The Bertz CT molecular complexity index is 1290. The molecule has 0 radical (unpaired) electrons. The zero-order valence-corrected chi connectivity index (χ0v) is 17.5. The number of hydrogen-bond acceptors (Lipinski definition) is 4. The third-order valence-corrected chi connectivity index (χ3v) is 6.63. The first-order chi connectivity index (χ1) is 14.4. The fourth-order valence-corrected chi connectivity index (χ4v) is 5.11. The molecular weight excluding hydrogens is 424 g/mol. The lowest BCUT2D eigenvalue weighted by Crippen LogP contribution is -2.26. The number of hydrogen-bond donors (Lipinski definition) is 1. The predicted octanol–water partition coefficient (Wildman–Crippen LogP) is 4.18. The number of sulfone groups is 1. The van der Waals surface area contributed by atoms with E-state index in [-0.39, 0.29) is 29.6 Å². The van der Waals surface area contributed by atoms with Crippen molar-refractivity contribution in [3.8, 4) is 0 Å². The Morgan fingerprint density at radius 2 is 1.90 bits per heavy atom. The number of carbonyl (C=O) groups excluding carboxylic acids is 1. The number of benzene rings is 2. The molecule has 0 aliphatic carbocycles. The molecule has 1 amide bonds. The maximum absolute atomic E-state index is 13.1. The van der Waals surface area contributed by atoms with Gasteiger partial charge >= 0.3 is 0 Å². The molecule has 8 heteroatoms. The average molecular weight is 443 g/mol. The van der Waals surface area contributed by atoms with Crippen molar-refractivity contribution >= 4 is 38.2 Å². The fraction of sp³-hybridized carbons (Fsp3) is 0.136. The van der Waals surface area contributed by atoms with Gasteiger partial charge < -0.3 is 14.3 Å². The molecule has 0 spiro atoms. The number of aromatic nitrogens is 1. The lowest BCUT2D eigenvalue weighted by atomic mass is 10.2. The van der Waals surface area contributed by atoms with Gasteiger partial charge in [-0.2, -0.15) is 0 Å². The maximum atomic E-state index is 13.1. The number of fused-ring (bicyclic) bond motifs is 1. The van der Waals surface area contributed by atoms with E-state index in [4.69, 9.17) is 16.0 Å². The van der Waals surface area contributed by atoms with Gasteiger partial charge in [0.2, 0.25) is 5.91 Å². The van der Waals surface area contributed by atoms with Crippen molar-refractivity contribution in [1.29, 1.82) is 0 Å². The van der Waals surface area contributed by atoms with Crippen molar-refractivity contribution in [2.45, 2.75) is 23.7 Å². The molecule has 0 aliphatic heterocycles. The van der Waals surface area contributed by atoms with Crippen LogP contribution in [0, 0.1) is 0 Å². The van der Waals surface area contributed by atoms with Crippen LogP contribution in [0.5, 0.6) is 0 Å². The lowest BCUT2D eigenvalue weighted by Gasteiger charge is -2.06. The van der Waals surface area contributed by atoms with Crippen molar-refractivity contribution < 1.29 is 17.6 Å². The second kappa shape index (κ2) is 8.38. The summed E-state index contributed by atoms with van der Waals surface area (Å²) >= 11 is 5.99. The van der Waals surface area contributed by atoms with Gasteiger partial charge in [0.15, 0.2) is 9.84 Å². The molecule has 0 saturated carbocycles. The molecule has 0 saturated heterocycles. The van der Waals surface area contributed by atoms with Crippen LogP contribution in [0.3, 0.4) is 0 Å². The van der Waals surface area contributed by atoms with Gasteiger partial charge in [0, 0.05) is 22.1 Å². The SMILES string of the molecule is O=C(Cn1cc(S(=O)(=O)Cc2cccc(Cl)c2)c2ccccc21)NCc1ccco1. The zero-order chi connectivity index (χ0) is 21.1. The molecule has 0 atom stereocenters. The molecule has 0 fully saturated rings. The average Bonchev–Trinajstić information content (AvgIpc) is 3.35. The highest BCUT2D eigenvalue weighted by atomic mass is 35.5. The Morgan fingerprint density at radius 1 is 1.07 bits per heavy atom. The summed E-state index contributed by atoms with van der Waals surface area (Å²) in [6.45, 7) is 0.263. The van der Waals surface area contributed by atoms with Crippen molar-refractivity contribution in [3.63, 3.8) is 0 Å². The molecule has 4 rings (SSSR count). The van der Waals surface area contributed by atoms with Crippen LogP contribution in [0.4, 0.5) is 0 Å². The first-order valence-corrected chi connectivity index (χ1v) is 11.3. The van der Waals surface area contributed by atoms with Gasteiger partial charge in [0.25, 0.3) is 0 Å². The molecule has 6 nitrogen and oxygen atoms in total. The van der Waals surface area contributed by atoms with Crippen LogP contribution in [0.25, 0.3) is 10.9 Å². The largest absolute Gasteiger partial charge is 0.467 e. The number of halogens is 1. The Labute approximate surface area is 179 Å². The van der Waals surface area contributed by atoms with Gasteiger partial charge in [-0.25, -0.2) is 8.42 Å². The lowest BCUT2D eigenvalue weighted by molar-refractivity contribution is -0.121. The summed E-state index contributed by atoms with van der Waals surface area (Å²) in [6, 6.07) is 17.4. The highest BCUT2D eigenvalue weighted by Crippen LogP contribution is 2.28. The van der Waals surface area contributed by atoms with Crippen LogP contribution in [-0.2, 0) is 33.5 Å². The molecule has 0 aliphatic rings. The zero-order valence-electron chi connectivity index (χ0n) is 15.9. The summed E-state index contributed by atoms with van der Waals surface area (Å²) in [6.07, 6.45) is 3.06. The molecule has 0 bridgehead atoms. The fourth-order valence-electron chi connectivity index (χ4n) is 3.33. The van der Waals surface area contributed by atoms with Crippen molar-refractivity contribution in [3.05, 3.63) is 89.5 Å². The van der Waals surface area contributed by atoms with Crippen LogP contribution >= 0.6 is 11.6 Å². The van der Waals surface area contributed by atoms with E-state index in [0.29, 0.717) is 27.2 Å². The number of amides is 1. The van der Waals surface area contributed by atoms with E-state index in [2.05, 4.69) is 5.32 Å². The van der Waals surface area contributed by atoms with Gasteiger partial charge in [0.05, 0.1) is 23.5 Å². The van der Waals surface area contributed by atoms with Crippen LogP contribution in [-0.4, -0.2) is 18.9 Å². The monoisotopic (exact) mass is 442 g/mol. The highest BCUT2D eigenvalue weighted by Gasteiger charge is 2.22. The molecule has 30 heavy (non-hydrogen) atoms. The summed E-state index contributed by atoms with van der Waals surface area (Å²) in [4.78, 5) is 12.6. The van der Waals surface area contributed by atoms with E-state index < -0.39 is 9.84 Å². The molecule has 2 heterocycles. The first kappa shape index (κ1) is 20.3. The second-order valence-electron chi connectivity index (χ2n) is 6.88. The Balaban J connectivity index is 1.60. The number of nitrogens with zero attached hydrogens (tertiary/aromatic N) is 1. The molecule has 2 aromatic carbocycles. The number of carbonyl (C=O) groups is 1. The van der Waals surface area contributed by atoms with Crippen LogP contribution in [0.1, 0.15) is 11.3 Å². The molecule has 2 aromatic heterocycles. The number of furan rings is 1. The minimum Gasteiger partial charge on any atom is -0.467 e. The van der Waals surface area contributed by atoms with Crippen molar-refractivity contribution in [1.82, 2.24) is 9.88 Å². The van der Waals surface area contributed by atoms with Gasteiger partial charge in [-0.15, -0.1) is 0 Å². The van der Waals surface area contributed by atoms with E-state index in [0.717, 1.165) is 0 Å². The minimum atomic E-state index is -3.65. The number of rotatable bonds is 7.